The molecule has 0 aromatic heterocycles. The Morgan fingerprint density at radius 2 is 1.67 bits per heavy atom. The molecule has 0 fully saturated rings. The first-order valence-corrected chi connectivity index (χ1v) is 5.84. The van der Waals surface area contributed by atoms with Gasteiger partial charge < -0.3 is 14.9 Å². The van der Waals surface area contributed by atoms with Gasteiger partial charge in [0.25, 0.3) is 0 Å². The molecule has 2 N–H and O–H groups in total. The van der Waals surface area contributed by atoms with Gasteiger partial charge in [0.2, 0.25) is 5.75 Å². The summed E-state index contributed by atoms with van der Waals surface area (Å²) in [6.45, 7) is 0. The zero-order chi connectivity index (χ0) is 13.0. The number of aryl methyl sites for hydroxylation is 2. The van der Waals surface area contributed by atoms with Gasteiger partial charge in [0.15, 0.2) is 11.5 Å². The molecule has 2 rings (SSSR count). The summed E-state index contributed by atoms with van der Waals surface area (Å²) in [6, 6.07) is 13.3. The molecule has 0 aliphatic rings. The molecule has 94 valence electrons. The standard InChI is InChI=1S/C15H16O3/c1-18-15-13(16)10-9-12(14(15)17)8-7-11-5-3-2-4-6-11/h2-6,9-10,16-17H,7-8H2,1H3. The summed E-state index contributed by atoms with van der Waals surface area (Å²) in [6.07, 6.45) is 1.54. The van der Waals surface area contributed by atoms with E-state index in [4.69, 9.17) is 4.74 Å². The first kappa shape index (κ1) is 12.3. The van der Waals surface area contributed by atoms with Crippen molar-refractivity contribution in [2.75, 3.05) is 7.11 Å². The average Bonchev–Trinajstić information content (AvgIpc) is 2.40. The Kier molecular flexibility index (Phi) is 3.72. The van der Waals surface area contributed by atoms with E-state index in [0.29, 0.717) is 6.42 Å². The molecule has 0 saturated carbocycles. The predicted octanol–water partition coefficient (Wildman–Crippen LogP) is 2.89. The minimum atomic E-state index is -0.0431. The highest BCUT2D eigenvalue weighted by Crippen LogP contribution is 2.38. The quantitative estimate of drug-likeness (QED) is 0.869. The Labute approximate surface area is 106 Å². The second-order valence-electron chi connectivity index (χ2n) is 4.11. The van der Waals surface area contributed by atoms with E-state index >= 15 is 0 Å². The van der Waals surface area contributed by atoms with E-state index in [-0.39, 0.29) is 17.2 Å². The second kappa shape index (κ2) is 5.45. The molecule has 0 amide bonds. The molecule has 0 aliphatic heterocycles. The van der Waals surface area contributed by atoms with Crippen LogP contribution in [0, 0.1) is 0 Å². The van der Waals surface area contributed by atoms with Crippen molar-refractivity contribution in [1.82, 2.24) is 0 Å². The van der Waals surface area contributed by atoms with Crippen LogP contribution in [0.15, 0.2) is 42.5 Å². The minimum Gasteiger partial charge on any atom is -0.504 e. The predicted molar refractivity (Wildman–Crippen MR) is 70.2 cm³/mol. The highest BCUT2D eigenvalue weighted by Gasteiger charge is 2.12. The molecule has 18 heavy (non-hydrogen) atoms. The lowest BCUT2D eigenvalue weighted by molar-refractivity contribution is 0.342. The SMILES string of the molecule is COc1c(O)ccc(CCc2ccccc2)c1O. The summed E-state index contributed by atoms with van der Waals surface area (Å²) in [4.78, 5) is 0. The summed E-state index contributed by atoms with van der Waals surface area (Å²) in [5, 5.41) is 19.5. The van der Waals surface area contributed by atoms with E-state index in [1.165, 1.54) is 12.7 Å². The Morgan fingerprint density at radius 3 is 2.33 bits per heavy atom. The summed E-state index contributed by atoms with van der Waals surface area (Å²) in [5.74, 6) is 0.118. The molecule has 3 nitrogen and oxygen atoms in total. The number of ether oxygens (including phenoxy) is 1. The maximum atomic E-state index is 9.96. The molecule has 0 bridgehead atoms. The van der Waals surface area contributed by atoms with Crippen LogP contribution >= 0.6 is 0 Å². The molecular formula is C15H16O3. The fourth-order valence-corrected chi connectivity index (χ4v) is 1.93. The van der Waals surface area contributed by atoms with Crippen molar-refractivity contribution in [2.45, 2.75) is 12.8 Å². The van der Waals surface area contributed by atoms with Crippen molar-refractivity contribution in [3.63, 3.8) is 0 Å². The Morgan fingerprint density at radius 1 is 0.944 bits per heavy atom. The summed E-state index contributed by atoms with van der Waals surface area (Å²) >= 11 is 0. The third-order valence-corrected chi connectivity index (χ3v) is 2.92. The lowest BCUT2D eigenvalue weighted by Crippen LogP contribution is -1.94. The van der Waals surface area contributed by atoms with Crippen LogP contribution in [0.1, 0.15) is 11.1 Å². The number of hydrogen-bond donors (Lipinski definition) is 2. The Balaban J connectivity index is 2.15. The molecule has 0 radical (unpaired) electrons. The molecule has 2 aromatic rings. The fraction of sp³-hybridized carbons (Fsp3) is 0.200. The van der Waals surface area contributed by atoms with Gasteiger partial charge in [-0.15, -0.1) is 0 Å². The van der Waals surface area contributed by atoms with E-state index < -0.39 is 0 Å². The molecule has 2 aromatic carbocycles. The van der Waals surface area contributed by atoms with Crippen molar-refractivity contribution in [1.29, 1.82) is 0 Å². The monoisotopic (exact) mass is 244 g/mol. The maximum Gasteiger partial charge on any atom is 0.203 e. The van der Waals surface area contributed by atoms with Crippen molar-refractivity contribution in [2.24, 2.45) is 0 Å². The van der Waals surface area contributed by atoms with Gasteiger partial charge in [0.1, 0.15) is 0 Å². The van der Waals surface area contributed by atoms with Gasteiger partial charge >= 0.3 is 0 Å². The first-order valence-electron chi connectivity index (χ1n) is 5.84. The smallest absolute Gasteiger partial charge is 0.203 e. The van der Waals surface area contributed by atoms with Gasteiger partial charge in [-0.2, -0.15) is 0 Å². The lowest BCUT2D eigenvalue weighted by Gasteiger charge is -2.10. The molecular weight excluding hydrogens is 228 g/mol. The van der Waals surface area contributed by atoms with Crippen LogP contribution in [0.3, 0.4) is 0 Å². The summed E-state index contributed by atoms with van der Waals surface area (Å²) in [7, 11) is 1.43. The van der Waals surface area contributed by atoms with Crippen LogP contribution in [0.2, 0.25) is 0 Å². The van der Waals surface area contributed by atoms with Crippen LogP contribution in [0.5, 0.6) is 17.2 Å². The van der Waals surface area contributed by atoms with Crippen LogP contribution < -0.4 is 4.74 Å². The molecule has 3 heteroatoms. The largest absolute Gasteiger partial charge is 0.504 e. The van der Waals surface area contributed by atoms with Crippen LogP contribution in [-0.4, -0.2) is 17.3 Å². The minimum absolute atomic E-state index is 0.0217. The topological polar surface area (TPSA) is 49.7 Å². The van der Waals surface area contributed by atoms with Crippen molar-refractivity contribution in [3.05, 3.63) is 53.6 Å². The Bertz CT molecular complexity index is 521. The van der Waals surface area contributed by atoms with Crippen LogP contribution in [-0.2, 0) is 12.8 Å². The fourth-order valence-electron chi connectivity index (χ4n) is 1.93. The van der Waals surface area contributed by atoms with E-state index in [2.05, 4.69) is 12.1 Å². The summed E-state index contributed by atoms with van der Waals surface area (Å²) < 4.78 is 4.97. The molecule has 0 atom stereocenters. The number of phenolic OH excluding ortho intramolecular Hbond substituents is 2. The van der Waals surface area contributed by atoms with Crippen molar-refractivity contribution >= 4 is 0 Å². The third kappa shape index (κ3) is 2.56. The second-order valence-corrected chi connectivity index (χ2v) is 4.11. The normalized spacial score (nSPS) is 10.3. The van der Waals surface area contributed by atoms with Gasteiger partial charge in [0, 0.05) is 0 Å². The van der Waals surface area contributed by atoms with Gasteiger partial charge in [0.05, 0.1) is 7.11 Å². The Hall–Kier alpha value is -2.16. The van der Waals surface area contributed by atoms with E-state index in [1.54, 1.807) is 12.1 Å². The molecule has 0 unspecified atom stereocenters. The number of rotatable bonds is 4. The van der Waals surface area contributed by atoms with E-state index in [9.17, 15) is 10.2 Å². The van der Waals surface area contributed by atoms with Gasteiger partial charge in [-0.1, -0.05) is 36.4 Å². The molecule has 0 saturated heterocycles. The molecule has 0 aliphatic carbocycles. The number of benzene rings is 2. The molecule has 0 heterocycles. The zero-order valence-electron chi connectivity index (χ0n) is 10.3. The first-order chi connectivity index (χ1) is 8.72. The van der Waals surface area contributed by atoms with Crippen LogP contribution in [0.25, 0.3) is 0 Å². The number of methoxy groups -OCH3 is 1. The lowest BCUT2D eigenvalue weighted by atomic mass is 10.0. The van der Waals surface area contributed by atoms with Crippen molar-refractivity contribution in [3.8, 4) is 17.2 Å². The maximum absolute atomic E-state index is 9.96. The van der Waals surface area contributed by atoms with Gasteiger partial charge in [-0.05, 0) is 30.0 Å². The highest BCUT2D eigenvalue weighted by molar-refractivity contribution is 5.54. The highest BCUT2D eigenvalue weighted by atomic mass is 16.5. The zero-order valence-corrected chi connectivity index (χ0v) is 10.3. The molecule has 0 spiro atoms. The number of aromatic hydroxyl groups is 2. The van der Waals surface area contributed by atoms with Crippen LogP contribution in [0.4, 0.5) is 0 Å². The average molecular weight is 244 g/mol. The van der Waals surface area contributed by atoms with Gasteiger partial charge in [-0.3, -0.25) is 0 Å². The summed E-state index contributed by atoms with van der Waals surface area (Å²) in [5.41, 5.74) is 1.98. The van der Waals surface area contributed by atoms with Crippen molar-refractivity contribution < 1.29 is 14.9 Å². The van der Waals surface area contributed by atoms with Gasteiger partial charge in [-0.25, -0.2) is 0 Å². The van der Waals surface area contributed by atoms with E-state index in [1.807, 2.05) is 18.2 Å². The number of hydrogen-bond acceptors (Lipinski definition) is 3. The van der Waals surface area contributed by atoms with E-state index in [0.717, 1.165) is 12.0 Å². The third-order valence-electron chi connectivity index (χ3n) is 2.92. The number of phenols is 2.